The van der Waals surface area contributed by atoms with Gasteiger partial charge in [0.1, 0.15) is 74.8 Å². The highest BCUT2D eigenvalue weighted by atomic mass is 16.6. The Labute approximate surface area is 471 Å². The van der Waals surface area contributed by atoms with Gasteiger partial charge in [-0.2, -0.15) is 0 Å². The molecule has 2 saturated heterocycles. The quantitative estimate of drug-likeness (QED) is 0.0429. The second-order valence-corrected chi connectivity index (χ2v) is 21.0. The molecule has 0 bridgehead atoms. The van der Waals surface area contributed by atoms with Crippen molar-refractivity contribution >= 4 is 35.5 Å². The summed E-state index contributed by atoms with van der Waals surface area (Å²) in [6.07, 6.45) is -4.11. The minimum atomic E-state index is -0.993. The fourth-order valence-corrected chi connectivity index (χ4v) is 9.40. The van der Waals surface area contributed by atoms with E-state index in [0.29, 0.717) is 45.5 Å². The summed E-state index contributed by atoms with van der Waals surface area (Å²) in [6.45, 7) is 10.7. The zero-order valence-corrected chi connectivity index (χ0v) is 45.9. The van der Waals surface area contributed by atoms with Crippen molar-refractivity contribution in [3.05, 3.63) is 215 Å². The highest BCUT2D eigenvalue weighted by Crippen LogP contribution is 2.37. The summed E-state index contributed by atoms with van der Waals surface area (Å²) in [7, 11) is 0. The van der Waals surface area contributed by atoms with Crippen LogP contribution in [0.1, 0.15) is 76.2 Å². The van der Waals surface area contributed by atoms with Crippen molar-refractivity contribution in [3.63, 3.8) is 0 Å². The van der Waals surface area contributed by atoms with Crippen LogP contribution in [0.4, 0.5) is 21.0 Å². The SMILES string of the molecule is Cc1ccc(N2CC(COc3ccc(C(C)(C)c4ccc(OCC(O)COC(=O)c5ccccc5)cc4)cc3)OC2=O)cc1N1CC(COc2ccc(C(C)(C)c3ccc(OCC(O)COC(=O)c4ccccc4)cc3)cc2)OC1=O. The van der Waals surface area contributed by atoms with E-state index < -0.39 is 48.5 Å². The first-order chi connectivity index (χ1) is 39.0. The molecule has 420 valence electrons. The van der Waals surface area contributed by atoms with E-state index in [4.69, 9.17) is 37.9 Å². The molecule has 81 heavy (non-hydrogen) atoms. The first-order valence-corrected chi connectivity index (χ1v) is 26.8. The van der Waals surface area contributed by atoms with Gasteiger partial charge in [0.25, 0.3) is 0 Å². The van der Waals surface area contributed by atoms with Crippen LogP contribution in [0.3, 0.4) is 0 Å². The first kappa shape index (κ1) is 56.8. The second kappa shape index (κ2) is 25.5. The number of benzene rings is 7. The van der Waals surface area contributed by atoms with E-state index in [1.54, 1.807) is 59.5 Å². The van der Waals surface area contributed by atoms with Gasteiger partial charge in [-0.05, 0) is 120 Å². The third-order valence-electron chi connectivity index (χ3n) is 14.4. The number of aliphatic hydroxyl groups is 2. The average Bonchev–Trinajstić information content (AvgIpc) is 4.18. The minimum absolute atomic E-state index is 0.0408. The molecule has 2 N–H and O–H groups in total. The standard InChI is InChI=1S/C65H66N2O14/c1-43-16-25-50(66-35-57(80-62(66)72)41-76-55-30-21-48(22-31-55)64(2,3)46-17-26-53(27-18-46)74-37-51(68)39-78-60(70)44-12-8-6-9-13-44)34-59(43)67-36-58(81-63(67)73)42-77-56-32-23-49(24-33-56)65(4,5)47-19-28-54(29-20-47)75-38-52(69)40-79-61(71)45-14-10-7-11-15-45/h6-34,51-52,57-58,68-69H,35-42H2,1-5H3. The number of carbonyl (C=O) groups is 4. The third kappa shape index (κ3) is 14.3. The van der Waals surface area contributed by atoms with Crippen molar-refractivity contribution < 1.29 is 67.3 Å². The van der Waals surface area contributed by atoms with E-state index >= 15 is 0 Å². The molecule has 2 aliphatic heterocycles. The molecule has 2 heterocycles. The topological polar surface area (TPSA) is 189 Å². The molecule has 7 aromatic carbocycles. The number of amides is 2. The molecule has 0 saturated carbocycles. The number of hydrogen-bond acceptors (Lipinski definition) is 14. The number of aliphatic hydroxyl groups excluding tert-OH is 2. The lowest BCUT2D eigenvalue weighted by Crippen LogP contribution is -2.29. The number of nitrogens with zero attached hydrogens (tertiary/aromatic N) is 2. The highest BCUT2D eigenvalue weighted by Gasteiger charge is 2.37. The molecular weight excluding hydrogens is 1030 g/mol. The number of cyclic esters (lactones) is 2. The molecule has 0 spiro atoms. The maximum atomic E-state index is 13.3. The third-order valence-corrected chi connectivity index (χ3v) is 14.4. The van der Waals surface area contributed by atoms with Crippen LogP contribution < -0.4 is 28.7 Å². The Morgan fingerprint density at radius 1 is 0.494 bits per heavy atom. The average molecular weight is 1100 g/mol. The molecular formula is C65H66N2O14. The Morgan fingerprint density at radius 3 is 1.25 bits per heavy atom. The van der Waals surface area contributed by atoms with Crippen LogP contribution in [-0.2, 0) is 29.8 Å². The number of rotatable bonds is 24. The molecule has 0 radical (unpaired) electrons. The van der Waals surface area contributed by atoms with Gasteiger partial charge < -0.3 is 48.1 Å². The van der Waals surface area contributed by atoms with Crippen molar-refractivity contribution in [2.75, 3.05) is 62.5 Å². The number of hydrogen-bond donors (Lipinski definition) is 2. The minimum Gasteiger partial charge on any atom is -0.491 e. The molecule has 7 aromatic rings. The van der Waals surface area contributed by atoms with Gasteiger partial charge in [-0.1, -0.05) is 119 Å². The molecule has 9 rings (SSSR count). The molecule has 2 aliphatic rings. The lowest BCUT2D eigenvalue weighted by Gasteiger charge is -2.26. The van der Waals surface area contributed by atoms with Crippen LogP contribution in [0.15, 0.2) is 176 Å². The van der Waals surface area contributed by atoms with Gasteiger partial charge in [-0.25, -0.2) is 19.2 Å². The van der Waals surface area contributed by atoms with E-state index in [1.165, 1.54) is 4.90 Å². The summed E-state index contributed by atoms with van der Waals surface area (Å²) in [5.74, 6) is 1.37. The van der Waals surface area contributed by atoms with Crippen LogP contribution in [0.2, 0.25) is 0 Å². The zero-order chi connectivity index (χ0) is 57.1. The van der Waals surface area contributed by atoms with Crippen molar-refractivity contribution in [1.29, 1.82) is 0 Å². The summed E-state index contributed by atoms with van der Waals surface area (Å²) in [4.78, 5) is 54.1. The van der Waals surface area contributed by atoms with Crippen LogP contribution in [-0.4, -0.2) is 111 Å². The van der Waals surface area contributed by atoms with Gasteiger partial charge in [0.2, 0.25) is 0 Å². The lowest BCUT2D eigenvalue weighted by atomic mass is 9.78. The number of esters is 2. The molecule has 0 aliphatic carbocycles. The summed E-state index contributed by atoms with van der Waals surface area (Å²) in [5.41, 5.74) is 6.27. The van der Waals surface area contributed by atoms with Crippen LogP contribution >= 0.6 is 0 Å². The van der Waals surface area contributed by atoms with Gasteiger partial charge in [0.15, 0.2) is 12.2 Å². The van der Waals surface area contributed by atoms with E-state index in [-0.39, 0.29) is 63.6 Å². The fourth-order valence-electron chi connectivity index (χ4n) is 9.40. The number of carbonyl (C=O) groups excluding carboxylic acids is 4. The maximum absolute atomic E-state index is 13.3. The maximum Gasteiger partial charge on any atom is 0.414 e. The Kier molecular flexibility index (Phi) is 17.9. The molecule has 16 nitrogen and oxygen atoms in total. The Bertz CT molecular complexity index is 3240. The Hall–Kier alpha value is -8.86. The van der Waals surface area contributed by atoms with Crippen molar-refractivity contribution in [2.24, 2.45) is 0 Å². The summed E-state index contributed by atoms with van der Waals surface area (Å²) >= 11 is 0. The molecule has 2 amide bonds. The predicted octanol–water partition coefficient (Wildman–Crippen LogP) is 10.6. The van der Waals surface area contributed by atoms with Gasteiger partial charge in [-0.15, -0.1) is 0 Å². The second-order valence-electron chi connectivity index (χ2n) is 21.0. The fraction of sp³-hybridized carbons (Fsp3) is 0.292. The normalized spacial score (nSPS) is 16.0. The first-order valence-electron chi connectivity index (χ1n) is 26.8. The van der Waals surface area contributed by atoms with Gasteiger partial charge in [0.05, 0.1) is 29.9 Å². The van der Waals surface area contributed by atoms with Gasteiger partial charge >= 0.3 is 24.1 Å². The van der Waals surface area contributed by atoms with E-state index in [0.717, 1.165) is 27.8 Å². The monoisotopic (exact) mass is 1100 g/mol. The molecule has 4 unspecified atom stereocenters. The van der Waals surface area contributed by atoms with Crippen molar-refractivity contribution in [1.82, 2.24) is 0 Å². The van der Waals surface area contributed by atoms with Crippen molar-refractivity contribution in [2.45, 2.75) is 69.9 Å². The molecule has 2 fully saturated rings. The summed E-state index contributed by atoms with van der Waals surface area (Å²) < 4.78 is 45.7. The van der Waals surface area contributed by atoms with Crippen LogP contribution in [0.25, 0.3) is 0 Å². The van der Waals surface area contributed by atoms with Crippen LogP contribution in [0.5, 0.6) is 23.0 Å². The predicted molar refractivity (Wildman–Crippen MR) is 304 cm³/mol. The number of ether oxygens (including phenoxy) is 8. The van der Waals surface area contributed by atoms with Crippen molar-refractivity contribution in [3.8, 4) is 23.0 Å². The van der Waals surface area contributed by atoms with E-state index in [2.05, 4.69) is 27.7 Å². The Morgan fingerprint density at radius 2 is 0.852 bits per heavy atom. The molecule has 16 heteroatoms. The smallest absolute Gasteiger partial charge is 0.414 e. The number of anilines is 2. The van der Waals surface area contributed by atoms with Gasteiger partial charge in [-0.3, -0.25) is 9.80 Å². The van der Waals surface area contributed by atoms with E-state index in [1.807, 2.05) is 128 Å². The van der Waals surface area contributed by atoms with Gasteiger partial charge in [0, 0.05) is 16.5 Å². The Balaban J connectivity index is 0.706. The van der Waals surface area contributed by atoms with E-state index in [9.17, 15) is 29.4 Å². The molecule has 0 aromatic heterocycles. The number of aryl methyl sites for hydroxylation is 1. The van der Waals surface area contributed by atoms with Crippen LogP contribution in [0, 0.1) is 6.92 Å². The molecule has 4 atom stereocenters. The summed E-state index contributed by atoms with van der Waals surface area (Å²) in [6, 6.07) is 53.5. The zero-order valence-electron chi connectivity index (χ0n) is 45.9. The summed E-state index contributed by atoms with van der Waals surface area (Å²) in [5, 5.41) is 20.7. The largest absolute Gasteiger partial charge is 0.491 e. The highest BCUT2D eigenvalue weighted by molar-refractivity contribution is 5.94. The lowest BCUT2D eigenvalue weighted by molar-refractivity contribution is 0.0127.